The molecule has 124 valence electrons. The lowest BCUT2D eigenvalue weighted by molar-refractivity contribution is 0.172. The van der Waals surface area contributed by atoms with Crippen molar-refractivity contribution in [3.05, 3.63) is 77.4 Å². The molecule has 1 aliphatic carbocycles. The van der Waals surface area contributed by atoms with Crippen molar-refractivity contribution in [2.24, 2.45) is 0 Å². The molecule has 24 heavy (non-hydrogen) atoms. The molecule has 1 atom stereocenters. The fraction of sp³-hybridized carbons (Fsp3) is 0.391. The van der Waals surface area contributed by atoms with Gasteiger partial charge in [0.05, 0.1) is 0 Å². The first-order valence-electron chi connectivity index (χ1n) is 9.37. The Morgan fingerprint density at radius 2 is 1.54 bits per heavy atom. The molecule has 2 aromatic rings. The van der Waals surface area contributed by atoms with Crippen molar-refractivity contribution in [2.75, 3.05) is 13.1 Å². The second-order valence-electron chi connectivity index (χ2n) is 7.33. The molecular weight excluding hydrogens is 290 g/mol. The van der Waals surface area contributed by atoms with E-state index in [1.54, 1.807) is 0 Å². The summed E-state index contributed by atoms with van der Waals surface area (Å²) in [6, 6.07) is 20.6. The highest BCUT2D eigenvalue weighted by Gasteiger charge is 2.26. The standard InChI is InChI=1S/C23H27N/c1-18-17-22(12-11-21-9-5-6-10-23(18)21)24-15-13-20(14-16-24)19-7-3-2-4-8-19/h2-10,17,20,22H,11-16H2,1H3. The van der Waals surface area contributed by atoms with Gasteiger partial charge in [-0.1, -0.05) is 60.7 Å². The number of rotatable bonds is 2. The summed E-state index contributed by atoms with van der Waals surface area (Å²) in [6.45, 7) is 4.74. The molecule has 0 amide bonds. The quantitative estimate of drug-likeness (QED) is 0.728. The largest absolute Gasteiger partial charge is 0.297 e. The summed E-state index contributed by atoms with van der Waals surface area (Å²) in [5.74, 6) is 0.746. The molecular formula is C23H27N. The van der Waals surface area contributed by atoms with E-state index >= 15 is 0 Å². The van der Waals surface area contributed by atoms with E-state index in [0.29, 0.717) is 6.04 Å². The minimum atomic E-state index is 0.606. The maximum atomic E-state index is 2.72. The first-order chi connectivity index (χ1) is 11.8. The number of hydrogen-bond donors (Lipinski definition) is 0. The number of benzene rings is 2. The van der Waals surface area contributed by atoms with Crippen LogP contribution in [0.2, 0.25) is 0 Å². The van der Waals surface area contributed by atoms with Crippen LogP contribution in [0.3, 0.4) is 0 Å². The highest BCUT2D eigenvalue weighted by Crippen LogP contribution is 2.32. The van der Waals surface area contributed by atoms with E-state index in [2.05, 4.69) is 72.5 Å². The van der Waals surface area contributed by atoms with Crippen LogP contribution in [0.15, 0.2) is 60.7 Å². The summed E-state index contributed by atoms with van der Waals surface area (Å²) in [5.41, 5.74) is 5.96. The third-order valence-corrected chi connectivity index (χ3v) is 5.86. The maximum absolute atomic E-state index is 2.72. The highest BCUT2D eigenvalue weighted by molar-refractivity contribution is 5.68. The lowest BCUT2D eigenvalue weighted by Gasteiger charge is -2.36. The average molecular weight is 317 g/mol. The average Bonchev–Trinajstić information content (AvgIpc) is 2.82. The molecule has 2 aromatic carbocycles. The number of nitrogens with zero attached hydrogens (tertiary/aromatic N) is 1. The molecule has 0 saturated carbocycles. The molecule has 0 radical (unpaired) electrons. The van der Waals surface area contributed by atoms with Gasteiger partial charge in [-0.15, -0.1) is 0 Å². The van der Waals surface area contributed by atoms with Gasteiger partial charge in [0.1, 0.15) is 0 Å². The molecule has 1 nitrogen and oxygen atoms in total. The van der Waals surface area contributed by atoms with Gasteiger partial charge in [0.25, 0.3) is 0 Å². The smallest absolute Gasteiger partial charge is 0.0287 e. The third-order valence-electron chi connectivity index (χ3n) is 5.86. The van der Waals surface area contributed by atoms with Crippen molar-refractivity contribution in [3.63, 3.8) is 0 Å². The molecule has 0 N–H and O–H groups in total. The Hall–Kier alpha value is -1.86. The van der Waals surface area contributed by atoms with E-state index in [1.165, 1.54) is 61.0 Å². The second-order valence-corrected chi connectivity index (χ2v) is 7.33. The summed E-state index contributed by atoms with van der Waals surface area (Å²) in [4.78, 5) is 2.72. The SMILES string of the molecule is CC1=CC(N2CCC(c3ccccc3)CC2)CCc2ccccc21. The second kappa shape index (κ2) is 6.94. The number of fused-ring (bicyclic) bond motifs is 1. The Kier molecular flexibility index (Phi) is 4.53. The zero-order valence-electron chi connectivity index (χ0n) is 14.6. The van der Waals surface area contributed by atoms with Crippen molar-refractivity contribution in [1.82, 2.24) is 4.90 Å². The first-order valence-corrected chi connectivity index (χ1v) is 9.37. The van der Waals surface area contributed by atoms with Crippen LogP contribution in [-0.4, -0.2) is 24.0 Å². The number of hydrogen-bond acceptors (Lipinski definition) is 1. The van der Waals surface area contributed by atoms with Gasteiger partial charge < -0.3 is 0 Å². The summed E-state index contributed by atoms with van der Waals surface area (Å²) < 4.78 is 0. The van der Waals surface area contributed by atoms with Gasteiger partial charge in [-0.25, -0.2) is 0 Å². The lowest BCUT2D eigenvalue weighted by atomic mass is 9.88. The van der Waals surface area contributed by atoms with Gasteiger partial charge in [0, 0.05) is 6.04 Å². The van der Waals surface area contributed by atoms with Crippen LogP contribution >= 0.6 is 0 Å². The van der Waals surface area contributed by atoms with Gasteiger partial charge in [-0.2, -0.15) is 0 Å². The van der Waals surface area contributed by atoms with E-state index in [4.69, 9.17) is 0 Å². The molecule has 1 heteroatoms. The Morgan fingerprint density at radius 3 is 2.33 bits per heavy atom. The van der Waals surface area contributed by atoms with Gasteiger partial charge in [-0.3, -0.25) is 4.90 Å². The van der Waals surface area contributed by atoms with Gasteiger partial charge in [0.15, 0.2) is 0 Å². The number of aryl methyl sites for hydroxylation is 1. The van der Waals surface area contributed by atoms with Crippen LogP contribution in [-0.2, 0) is 6.42 Å². The summed E-state index contributed by atoms with van der Waals surface area (Å²) >= 11 is 0. The van der Waals surface area contributed by atoms with Crippen molar-refractivity contribution in [3.8, 4) is 0 Å². The first kappa shape index (κ1) is 15.7. The van der Waals surface area contributed by atoms with Crippen LogP contribution in [0.1, 0.15) is 48.8 Å². The molecule has 0 spiro atoms. The topological polar surface area (TPSA) is 3.24 Å². The van der Waals surface area contributed by atoms with E-state index in [0.717, 1.165) is 5.92 Å². The third kappa shape index (κ3) is 3.18. The Morgan fingerprint density at radius 1 is 0.833 bits per heavy atom. The van der Waals surface area contributed by atoms with Crippen molar-refractivity contribution in [1.29, 1.82) is 0 Å². The maximum Gasteiger partial charge on any atom is 0.0287 e. The fourth-order valence-corrected chi connectivity index (χ4v) is 4.47. The molecule has 1 heterocycles. The van der Waals surface area contributed by atoms with Crippen LogP contribution in [0.5, 0.6) is 0 Å². The van der Waals surface area contributed by atoms with Crippen LogP contribution in [0.25, 0.3) is 5.57 Å². The molecule has 1 fully saturated rings. The van der Waals surface area contributed by atoms with Crippen molar-refractivity contribution in [2.45, 2.75) is 44.6 Å². The molecule has 1 unspecified atom stereocenters. The summed E-state index contributed by atoms with van der Waals surface area (Å²) in [5, 5.41) is 0. The summed E-state index contributed by atoms with van der Waals surface area (Å²) in [7, 11) is 0. The highest BCUT2D eigenvalue weighted by atomic mass is 15.2. The van der Waals surface area contributed by atoms with Gasteiger partial charge in [0.2, 0.25) is 0 Å². The van der Waals surface area contributed by atoms with Crippen LogP contribution < -0.4 is 0 Å². The Labute approximate surface area is 146 Å². The predicted octanol–water partition coefficient (Wildman–Crippen LogP) is 5.28. The zero-order chi connectivity index (χ0) is 16.4. The molecule has 4 rings (SSSR count). The van der Waals surface area contributed by atoms with Crippen LogP contribution in [0.4, 0.5) is 0 Å². The molecule has 0 bridgehead atoms. The molecule has 1 saturated heterocycles. The Bertz CT molecular complexity index is 708. The van der Waals surface area contributed by atoms with Crippen molar-refractivity contribution >= 4 is 5.57 Å². The fourth-order valence-electron chi connectivity index (χ4n) is 4.47. The monoisotopic (exact) mass is 317 g/mol. The summed E-state index contributed by atoms with van der Waals surface area (Å²) in [6.07, 6.45) is 7.56. The minimum absolute atomic E-state index is 0.606. The van der Waals surface area contributed by atoms with E-state index < -0.39 is 0 Å². The number of piperidine rings is 1. The van der Waals surface area contributed by atoms with Crippen LogP contribution in [0, 0.1) is 0 Å². The number of likely N-dealkylation sites (tertiary alicyclic amines) is 1. The van der Waals surface area contributed by atoms with E-state index in [-0.39, 0.29) is 0 Å². The molecule has 2 aliphatic rings. The zero-order valence-corrected chi connectivity index (χ0v) is 14.6. The van der Waals surface area contributed by atoms with Gasteiger partial charge in [-0.05, 0) is 73.9 Å². The predicted molar refractivity (Wildman–Crippen MR) is 102 cm³/mol. The van der Waals surface area contributed by atoms with E-state index in [9.17, 15) is 0 Å². The Balaban J connectivity index is 1.44. The normalized spacial score (nSPS) is 22.5. The minimum Gasteiger partial charge on any atom is -0.297 e. The molecule has 0 aromatic heterocycles. The lowest BCUT2D eigenvalue weighted by Crippen LogP contribution is -2.40. The van der Waals surface area contributed by atoms with Gasteiger partial charge >= 0.3 is 0 Å². The van der Waals surface area contributed by atoms with Crippen molar-refractivity contribution < 1.29 is 0 Å². The molecule has 1 aliphatic heterocycles. The number of allylic oxidation sites excluding steroid dienone is 1. The van der Waals surface area contributed by atoms with E-state index in [1.807, 2.05) is 0 Å².